The van der Waals surface area contributed by atoms with Crippen molar-refractivity contribution < 1.29 is 9.59 Å². The van der Waals surface area contributed by atoms with Gasteiger partial charge in [-0.3, -0.25) is 19.5 Å². The summed E-state index contributed by atoms with van der Waals surface area (Å²) in [5.41, 5.74) is 1.91. The van der Waals surface area contributed by atoms with Crippen LogP contribution >= 0.6 is 0 Å². The van der Waals surface area contributed by atoms with E-state index in [-0.39, 0.29) is 17.9 Å². The van der Waals surface area contributed by atoms with Gasteiger partial charge in [0.1, 0.15) is 0 Å². The fraction of sp³-hybridized carbons (Fsp3) is 0.625. The number of piperazine rings is 1. The van der Waals surface area contributed by atoms with Crippen molar-refractivity contribution in [3.8, 4) is 0 Å². The van der Waals surface area contributed by atoms with Gasteiger partial charge in [0, 0.05) is 65.0 Å². The predicted molar refractivity (Wildman–Crippen MR) is 129 cm³/mol. The third kappa shape index (κ3) is 6.45. The Labute approximate surface area is 192 Å². The lowest BCUT2D eigenvalue weighted by molar-refractivity contribution is -0.135. The second-order valence-corrected chi connectivity index (χ2v) is 8.63. The molecule has 1 aromatic rings. The molecule has 1 atom stereocenters. The number of hydrogen-bond acceptors (Lipinski definition) is 4. The summed E-state index contributed by atoms with van der Waals surface area (Å²) in [7, 11) is 1.80. The van der Waals surface area contributed by atoms with Crippen molar-refractivity contribution in [3.05, 3.63) is 29.8 Å². The number of nitrogens with zero attached hydrogens (tertiary/aromatic N) is 4. The Morgan fingerprint density at radius 2 is 1.78 bits per heavy atom. The highest BCUT2D eigenvalue weighted by molar-refractivity contribution is 5.90. The van der Waals surface area contributed by atoms with E-state index in [2.05, 4.69) is 25.4 Å². The molecule has 0 radical (unpaired) electrons. The molecule has 0 saturated carbocycles. The Hall–Kier alpha value is -2.61. The summed E-state index contributed by atoms with van der Waals surface area (Å²) in [5.74, 6) is 1.18. The Balaban J connectivity index is 1.48. The van der Waals surface area contributed by atoms with Crippen LogP contribution in [0.25, 0.3) is 0 Å². The van der Waals surface area contributed by atoms with E-state index >= 15 is 0 Å². The van der Waals surface area contributed by atoms with Gasteiger partial charge in [0.15, 0.2) is 5.96 Å². The zero-order valence-electron chi connectivity index (χ0n) is 19.8. The molecule has 2 aliphatic rings. The lowest BCUT2D eigenvalue weighted by Crippen LogP contribution is -2.57. The first kappa shape index (κ1) is 24.0. The molecule has 0 aromatic heterocycles. The van der Waals surface area contributed by atoms with Crippen molar-refractivity contribution in [3.63, 3.8) is 0 Å². The molecule has 1 unspecified atom stereocenters. The summed E-state index contributed by atoms with van der Waals surface area (Å²) in [4.78, 5) is 35.6. The van der Waals surface area contributed by atoms with Crippen LogP contribution in [0.5, 0.6) is 0 Å². The number of amides is 2. The third-order valence-corrected chi connectivity index (χ3v) is 6.29. The predicted octanol–water partition coefficient (Wildman–Crippen LogP) is 2.13. The van der Waals surface area contributed by atoms with Gasteiger partial charge in [-0.05, 0) is 43.9 Å². The maximum Gasteiger partial charge on any atom is 0.239 e. The number of carbonyl (C=O) groups is 2. The topological polar surface area (TPSA) is 80.3 Å². The monoisotopic (exact) mass is 442 g/mol. The number of hydrogen-bond donors (Lipinski definition) is 2. The largest absolute Gasteiger partial charge is 0.352 e. The standard InChI is InChI=1S/C24H38N6O2/c1-4-8-22(31)27-21-10-7-9-20(17-21)18-26-24(25-3)30-15-13-28(14-16-30)19(2)23(32)29-11-5-6-12-29/h7,9-10,17,19H,4-6,8,11-16,18H2,1-3H3,(H,25,26)(H,27,31). The normalized spacial score (nSPS) is 18.5. The molecular weight excluding hydrogens is 404 g/mol. The smallest absolute Gasteiger partial charge is 0.239 e. The highest BCUT2D eigenvalue weighted by Gasteiger charge is 2.30. The van der Waals surface area contributed by atoms with Crippen LogP contribution in [0.4, 0.5) is 5.69 Å². The van der Waals surface area contributed by atoms with E-state index in [1.54, 1.807) is 7.05 Å². The highest BCUT2D eigenvalue weighted by Crippen LogP contribution is 2.15. The molecule has 2 saturated heterocycles. The first-order chi connectivity index (χ1) is 15.5. The number of benzene rings is 1. The summed E-state index contributed by atoms with van der Waals surface area (Å²) in [6.07, 6.45) is 3.62. The van der Waals surface area contributed by atoms with Crippen molar-refractivity contribution in [2.45, 2.75) is 52.1 Å². The zero-order chi connectivity index (χ0) is 22.9. The molecular formula is C24H38N6O2. The number of likely N-dealkylation sites (tertiary alicyclic amines) is 1. The molecule has 2 aliphatic heterocycles. The van der Waals surface area contributed by atoms with Gasteiger partial charge in [-0.15, -0.1) is 0 Å². The minimum Gasteiger partial charge on any atom is -0.352 e. The minimum atomic E-state index is -0.0594. The number of carbonyl (C=O) groups excluding carboxylic acids is 2. The number of rotatable bonds is 7. The van der Waals surface area contributed by atoms with Crippen LogP contribution in [0.15, 0.2) is 29.3 Å². The van der Waals surface area contributed by atoms with E-state index in [9.17, 15) is 9.59 Å². The fourth-order valence-electron chi connectivity index (χ4n) is 4.40. The van der Waals surface area contributed by atoms with Crippen molar-refractivity contribution in [1.82, 2.24) is 20.0 Å². The van der Waals surface area contributed by atoms with Crippen LogP contribution in [0.3, 0.4) is 0 Å². The lowest BCUT2D eigenvalue weighted by Gasteiger charge is -2.39. The molecule has 8 heteroatoms. The van der Waals surface area contributed by atoms with Crippen molar-refractivity contribution in [2.75, 3.05) is 51.6 Å². The van der Waals surface area contributed by atoms with Crippen LogP contribution in [0, 0.1) is 0 Å². The molecule has 2 heterocycles. The van der Waals surface area contributed by atoms with Gasteiger partial charge in [-0.25, -0.2) is 0 Å². The van der Waals surface area contributed by atoms with E-state index in [0.29, 0.717) is 13.0 Å². The third-order valence-electron chi connectivity index (χ3n) is 6.29. The first-order valence-electron chi connectivity index (χ1n) is 11.9. The molecule has 176 valence electrons. The number of anilines is 1. The summed E-state index contributed by atoms with van der Waals surface area (Å²) < 4.78 is 0. The second kappa shape index (κ2) is 11.9. The van der Waals surface area contributed by atoms with Crippen LogP contribution < -0.4 is 10.6 Å². The van der Waals surface area contributed by atoms with Gasteiger partial charge >= 0.3 is 0 Å². The van der Waals surface area contributed by atoms with Crippen molar-refractivity contribution in [1.29, 1.82) is 0 Å². The van der Waals surface area contributed by atoms with Gasteiger partial charge < -0.3 is 20.4 Å². The van der Waals surface area contributed by atoms with Crippen molar-refractivity contribution in [2.24, 2.45) is 4.99 Å². The molecule has 0 aliphatic carbocycles. The molecule has 0 spiro atoms. The zero-order valence-corrected chi connectivity index (χ0v) is 19.8. The van der Waals surface area contributed by atoms with Crippen LogP contribution in [-0.4, -0.2) is 84.8 Å². The van der Waals surface area contributed by atoms with E-state index in [1.165, 1.54) is 0 Å². The molecule has 2 N–H and O–H groups in total. The molecule has 0 bridgehead atoms. The van der Waals surface area contributed by atoms with Crippen LogP contribution in [0.1, 0.15) is 45.1 Å². The van der Waals surface area contributed by atoms with E-state index in [0.717, 1.165) is 75.7 Å². The Kier molecular flexibility index (Phi) is 8.90. The number of guanidine groups is 1. The van der Waals surface area contributed by atoms with Gasteiger partial charge in [-0.2, -0.15) is 0 Å². The van der Waals surface area contributed by atoms with Crippen LogP contribution in [-0.2, 0) is 16.1 Å². The average Bonchev–Trinajstić information content (AvgIpc) is 3.34. The molecule has 32 heavy (non-hydrogen) atoms. The maximum absolute atomic E-state index is 12.7. The van der Waals surface area contributed by atoms with E-state index < -0.39 is 0 Å². The molecule has 3 rings (SSSR count). The molecule has 1 aromatic carbocycles. The molecule has 8 nitrogen and oxygen atoms in total. The Morgan fingerprint density at radius 3 is 2.44 bits per heavy atom. The summed E-state index contributed by atoms with van der Waals surface area (Å²) in [6.45, 7) is 9.85. The minimum absolute atomic E-state index is 0.0451. The molecule has 2 fully saturated rings. The summed E-state index contributed by atoms with van der Waals surface area (Å²) in [5, 5.41) is 6.39. The molecule has 2 amide bonds. The Bertz CT molecular complexity index is 797. The average molecular weight is 443 g/mol. The summed E-state index contributed by atoms with van der Waals surface area (Å²) in [6, 6.07) is 7.85. The second-order valence-electron chi connectivity index (χ2n) is 8.63. The summed E-state index contributed by atoms with van der Waals surface area (Å²) >= 11 is 0. The quantitative estimate of drug-likeness (QED) is 0.500. The van der Waals surface area contributed by atoms with Gasteiger partial charge in [0.05, 0.1) is 6.04 Å². The fourth-order valence-corrected chi connectivity index (χ4v) is 4.40. The van der Waals surface area contributed by atoms with Gasteiger partial charge in [0.2, 0.25) is 11.8 Å². The van der Waals surface area contributed by atoms with E-state index in [4.69, 9.17) is 0 Å². The van der Waals surface area contributed by atoms with Crippen LogP contribution in [0.2, 0.25) is 0 Å². The number of aliphatic imine (C=N–C) groups is 1. The SMILES string of the molecule is CCCC(=O)Nc1cccc(CNC(=NC)N2CCN(C(C)C(=O)N3CCCC3)CC2)c1. The van der Waals surface area contributed by atoms with Gasteiger partial charge in [-0.1, -0.05) is 19.1 Å². The van der Waals surface area contributed by atoms with Crippen molar-refractivity contribution >= 4 is 23.5 Å². The highest BCUT2D eigenvalue weighted by atomic mass is 16.2. The maximum atomic E-state index is 12.7. The lowest BCUT2D eigenvalue weighted by atomic mass is 10.2. The van der Waals surface area contributed by atoms with Gasteiger partial charge in [0.25, 0.3) is 0 Å². The first-order valence-corrected chi connectivity index (χ1v) is 11.9. The number of nitrogens with one attached hydrogen (secondary N) is 2. The Morgan fingerprint density at radius 1 is 1.06 bits per heavy atom. The van der Waals surface area contributed by atoms with E-state index in [1.807, 2.05) is 43.0 Å².